The summed E-state index contributed by atoms with van der Waals surface area (Å²) in [5.41, 5.74) is 3.85. The van der Waals surface area contributed by atoms with E-state index >= 15 is 0 Å². The third-order valence-corrected chi connectivity index (χ3v) is 11.8. The Morgan fingerprint density at radius 3 is 2.42 bits per heavy atom. The van der Waals surface area contributed by atoms with Crippen LogP contribution in [0, 0.1) is 5.41 Å². The summed E-state index contributed by atoms with van der Waals surface area (Å²) in [6, 6.07) is 12.3. The number of carbonyl (C=O) groups excluding carboxylic acids is 5. The number of amides is 5. The van der Waals surface area contributed by atoms with Crippen LogP contribution < -0.4 is 16.2 Å². The number of rotatable bonds is 7. The molecule has 1 spiro atoms. The molecule has 1 unspecified atom stereocenters. The smallest absolute Gasteiger partial charge is 0.282 e. The van der Waals surface area contributed by atoms with Crippen molar-refractivity contribution in [1.82, 2.24) is 34.7 Å². The Kier molecular flexibility index (Phi) is 8.62. The van der Waals surface area contributed by atoms with E-state index < -0.39 is 29.7 Å². The average Bonchev–Trinajstić information content (AvgIpc) is 3.33. The molecule has 2 N–H and O–H groups in total. The first-order valence-electron chi connectivity index (χ1n) is 17.5. The second-order valence-electron chi connectivity index (χ2n) is 15.1. The fourth-order valence-corrected chi connectivity index (χ4v) is 9.05. The van der Waals surface area contributed by atoms with E-state index in [4.69, 9.17) is 0 Å². The van der Waals surface area contributed by atoms with Crippen molar-refractivity contribution >= 4 is 51.2 Å². The van der Waals surface area contributed by atoms with Crippen molar-refractivity contribution in [3.63, 3.8) is 0 Å². The summed E-state index contributed by atoms with van der Waals surface area (Å²) in [6.45, 7) is 5.38. The molecule has 5 amide bonds. The van der Waals surface area contributed by atoms with Gasteiger partial charge in [0.05, 0.1) is 23.0 Å². The van der Waals surface area contributed by atoms with Crippen LogP contribution >= 0.6 is 15.9 Å². The van der Waals surface area contributed by atoms with Gasteiger partial charge in [-0.2, -0.15) is 5.10 Å². The summed E-state index contributed by atoms with van der Waals surface area (Å²) >= 11 is 3.41. The van der Waals surface area contributed by atoms with E-state index in [1.54, 1.807) is 25.4 Å². The molecule has 3 atom stereocenters. The van der Waals surface area contributed by atoms with Crippen LogP contribution in [0.25, 0.3) is 0 Å². The first-order chi connectivity index (χ1) is 24.9. The number of anilines is 1. The largest absolute Gasteiger partial charge is 0.379 e. The molecular formula is C37H39BrN8O6. The number of benzene rings is 2. The van der Waals surface area contributed by atoms with Gasteiger partial charge in [-0.1, -0.05) is 18.2 Å². The lowest BCUT2D eigenvalue weighted by Gasteiger charge is -2.60. The number of likely N-dealkylation sites (N-methyl/N-ethyl adjacent to an activating group) is 1. The van der Waals surface area contributed by atoms with Gasteiger partial charge in [-0.15, -0.1) is 0 Å². The number of piperidine rings is 2. The quantitative estimate of drug-likeness (QED) is 0.340. The zero-order chi connectivity index (χ0) is 36.5. The van der Waals surface area contributed by atoms with E-state index in [0.29, 0.717) is 35.4 Å². The molecule has 0 saturated carbocycles. The van der Waals surface area contributed by atoms with Crippen molar-refractivity contribution in [2.45, 2.75) is 43.8 Å². The van der Waals surface area contributed by atoms with Gasteiger partial charge in [-0.3, -0.25) is 43.9 Å². The fraction of sp³-hybridized carbons (Fsp3) is 0.432. The molecule has 5 aliphatic rings. The lowest BCUT2D eigenvalue weighted by atomic mass is 9.72. The van der Waals surface area contributed by atoms with Crippen molar-refractivity contribution in [3.8, 4) is 0 Å². The van der Waals surface area contributed by atoms with E-state index in [9.17, 15) is 28.8 Å². The Bertz CT molecular complexity index is 2070. The fourth-order valence-electron chi connectivity index (χ4n) is 8.57. The van der Waals surface area contributed by atoms with E-state index in [2.05, 4.69) is 60.6 Å². The molecule has 5 aliphatic heterocycles. The number of likely N-dealkylation sites (tertiary alicyclic amines) is 3. The van der Waals surface area contributed by atoms with Crippen LogP contribution in [-0.2, 0) is 23.2 Å². The Morgan fingerprint density at radius 1 is 0.962 bits per heavy atom. The number of aryl methyl sites for hydroxylation is 1. The van der Waals surface area contributed by atoms with Gasteiger partial charge in [0.25, 0.3) is 23.3 Å². The summed E-state index contributed by atoms with van der Waals surface area (Å²) in [4.78, 5) is 83.3. The second kappa shape index (κ2) is 13.0. The molecule has 8 rings (SSSR count). The lowest BCUT2D eigenvalue weighted by molar-refractivity contribution is -0.136. The molecule has 2 aromatic carbocycles. The SMILES string of the molecule is CN1C[C@H](Nc2cnn(C)c(=O)c2Br)C[C@H](c2ccc(C(=O)N3CC4(CN(Cc5ccc6c(c5)C(=O)N(C5CCC(=O)NC5=O)C6=O)C4)C3)cc2)C1. The zero-order valence-corrected chi connectivity index (χ0v) is 30.5. The Labute approximate surface area is 308 Å². The van der Waals surface area contributed by atoms with Gasteiger partial charge in [0, 0.05) is 76.3 Å². The molecule has 0 aliphatic carbocycles. The number of hydrogen-bond donors (Lipinski definition) is 2. The summed E-state index contributed by atoms with van der Waals surface area (Å²) in [5, 5.41) is 9.86. The molecule has 0 bridgehead atoms. The lowest BCUT2D eigenvalue weighted by Crippen LogP contribution is -2.72. The number of nitrogens with zero attached hydrogens (tertiary/aromatic N) is 6. The minimum atomic E-state index is -0.985. The molecular weight excluding hydrogens is 732 g/mol. The van der Waals surface area contributed by atoms with Gasteiger partial charge in [0.1, 0.15) is 10.5 Å². The Balaban J connectivity index is 0.832. The van der Waals surface area contributed by atoms with Crippen molar-refractivity contribution < 1.29 is 24.0 Å². The van der Waals surface area contributed by atoms with Crippen LogP contribution in [0.5, 0.6) is 0 Å². The van der Waals surface area contributed by atoms with Gasteiger partial charge in [0.2, 0.25) is 11.8 Å². The molecule has 4 saturated heterocycles. The predicted molar refractivity (Wildman–Crippen MR) is 193 cm³/mol. The van der Waals surface area contributed by atoms with E-state index in [1.165, 1.54) is 10.2 Å². The van der Waals surface area contributed by atoms with Crippen molar-refractivity contribution in [2.24, 2.45) is 12.5 Å². The second-order valence-corrected chi connectivity index (χ2v) is 15.8. The van der Waals surface area contributed by atoms with Crippen molar-refractivity contribution in [1.29, 1.82) is 0 Å². The first kappa shape index (κ1) is 34.4. The number of aromatic nitrogens is 2. The number of imide groups is 2. The molecule has 14 nitrogen and oxygen atoms in total. The van der Waals surface area contributed by atoms with Crippen LogP contribution in [0.3, 0.4) is 0 Å². The van der Waals surface area contributed by atoms with Crippen molar-refractivity contribution in [3.05, 3.63) is 91.3 Å². The number of hydrogen-bond acceptors (Lipinski definition) is 10. The van der Waals surface area contributed by atoms with Crippen LogP contribution in [0.4, 0.5) is 5.69 Å². The molecule has 6 heterocycles. The van der Waals surface area contributed by atoms with Gasteiger partial charge >= 0.3 is 0 Å². The zero-order valence-electron chi connectivity index (χ0n) is 28.9. The van der Waals surface area contributed by atoms with Gasteiger partial charge in [-0.05, 0) is 77.1 Å². The van der Waals surface area contributed by atoms with Crippen LogP contribution in [-0.4, -0.2) is 117 Å². The molecule has 270 valence electrons. The summed E-state index contributed by atoms with van der Waals surface area (Å²) in [6.07, 6.45) is 2.75. The topological polar surface area (TPSA) is 157 Å². The van der Waals surface area contributed by atoms with Crippen LogP contribution in [0.1, 0.15) is 67.4 Å². The maximum Gasteiger partial charge on any atom is 0.282 e. The standard InChI is InChI=1S/C37H39BrN8O6/c1-42-15-24(12-25(16-42)40-28-13-39-43(2)36(52)31(28)38)22-4-6-23(7-5-22)33(49)45-19-37(20-45)17-44(18-37)14-21-3-8-26-27(11-21)35(51)46(34(26)50)29-9-10-30(47)41-32(29)48/h3-8,11,13,24-25,29,40H,9-10,12,14-20H2,1-2H3,(H,41,47,48)/t24-,25+,29?/m0/s1. The molecule has 52 heavy (non-hydrogen) atoms. The minimum Gasteiger partial charge on any atom is -0.379 e. The highest BCUT2D eigenvalue weighted by atomic mass is 79.9. The first-order valence-corrected chi connectivity index (χ1v) is 18.3. The van der Waals surface area contributed by atoms with E-state index in [-0.39, 0.29) is 52.8 Å². The Morgan fingerprint density at radius 2 is 1.69 bits per heavy atom. The number of halogens is 1. The third kappa shape index (κ3) is 6.13. The number of fused-ring (bicyclic) bond motifs is 1. The maximum absolute atomic E-state index is 13.4. The normalized spacial score (nSPS) is 24.4. The van der Waals surface area contributed by atoms with Gasteiger partial charge in [0.15, 0.2) is 0 Å². The van der Waals surface area contributed by atoms with E-state index in [0.717, 1.165) is 43.1 Å². The molecule has 1 aromatic heterocycles. The molecule has 0 radical (unpaired) electrons. The summed E-state index contributed by atoms with van der Waals surface area (Å²) in [7, 11) is 3.71. The third-order valence-electron chi connectivity index (χ3n) is 11.1. The number of nitrogens with one attached hydrogen (secondary N) is 2. The predicted octanol–water partition coefficient (Wildman–Crippen LogP) is 1.80. The number of carbonyl (C=O) groups is 5. The summed E-state index contributed by atoms with van der Waals surface area (Å²) in [5.74, 6) is -1.75. The monoisotopic (exact) mass is 770 g/mol. The maximum atomic E-state index is 13.4. The molecule has 4 fully saturated rings. The molecule has 3 aromatic rings. The van der Waals surface area contributed by atoms with Crippen molar-refractivity contribution in [2.75, 3.05) is 51.6 Å². The van der Waals surface area contributed by atoms with Gasteiger partial charge in [-0.25, -0.2) is 4.68 Å². The average molecular weight is 772 g/mol. The summed E-state index contributed by atoms with van der Waals surface area (Å²) < 4.78 is 1.77. The minimum absolute atomic E-state index is 0.0290. The highest BCUT2D eigenvalue weighted by Gasteiger charge is 2.53. The van der Waals surface area contributed by atoms with E-state index in [1.807, 2.05) is 23.1 Å². The van der Waals surface area contributed by atoms with Crippen LogP contribution in [0.2, 0.25) is 0 Å². The molecule has 15 heteroatoms. The highest BCUT2D eigenvalue weighted by Crippen LogP contribution is 2.41. The highest BCUT2D eigenvalue weighted by molar-refractivity contribution is 9.10. The van der Waals surface area contributed by atoms with Crippen LogP contribution in [0.15, 0.2) is 57.9 Å². The Hall–Kier alpha value is -4.73. The van der Waals surface area contributed by atoms with Gasteiger partial charge < -0.3 is 15.1 Å².